The molecule has 3 aromatic carbocycles. The number of para-hydroxylation sites is 1. The van der Waals surface area contributed by atoms with E-state index >= 15 is 0 Å². The molecule has 1 fully saturated rings. The molecule has 0 radical (unpaired) electrons. The summed E-state index contributed by atoms with van der Waals surface area (Å²) >= 11 is 5.92. The Morgan fingerprint density at radius 1 is 0.938 bits per heavy atom. The third kappa shape index (κ3) is 5.59. The number of halogens is 3. The van der Waals surface area contributed by atoms with Gasteiger partial charge in [0.2, 0.25) is 0 Å². The highest BCUT2D eigenvalue weighted by Gasteiger charge is 2.21. The first-order valence-corrected chi connectivity index (χ1v) is 11.3. The zero-order valence-electron chi connectivity index (χ0n) is 18.1. The minimum atomic E-state index is -0.483. The molecule has 1 saturated heterocycles. The molecule has 0 aliphatic carbocycles. The second-order valence-electron chi connectivity index (χ2n) is 8.14. The monoisotopic (exact) mass is 456 g/mol. The van der Waals surface area contributed by atoms with E-state index in [1.54, 1.807) is 18.2 Å². The number of rotatable bonds is 7. The van der Waals surface area contributed by atoms with E-state index in [1.165, 1.54) is 35.5 Å². The predicted molar refractivity (Wildman–Crippen MR) is 126 cm³/mol. The van der Waals surface area contributed by atoms with Crippen molar-refractivity contribution in [3.63, 3.8) is 0 Å². The molecular formula is C26H27ClF2N2O. The predicted octanol–water partition coefficient (Wildman–Crippen LogP) is 6.26. The first-order chi connectivity index (χ1) is 15.5. The van der Waals surface area contributed by atoms with E-state index in [0.717, 1.165) is 44.7 Å². The van der Waals surface area contributed by atoms with Crippen LogP contribution in [0.2, 0.25) is 5.02 Å². The fraction of sp³-hybridized carbons (Fsp3) is 0.308. The summed E-state index contributed by atoms with van der Waals surface area (Å²) in [7, 11) is 0. The number of aryl methyl sites for hydroxylation is 1. The van der Waals surface area contributed by atoms with E-state index in [-0.39, 0.29) is 16.9 Å². The van der Waals surface area contributed by atoms with E-state index in [4.69, 9.17) is 16.3 Å². The quantitative estimate of drug-likeness (QED) is 0.417. The molecule has 0 unspecified atom stereocenters. The molecule has 3 aromatic rings. The Kier molecular flexibility index (Phi) is 7.28. The summed E-state index contributed by atoms with van der Waals surface area (Å²) in [4.78, 5) is 4.85. The summed E-state index contributed by atoms with van der Waals surface area (Å²) in [5.74, 6) is -0.274. The fourth-order valence-electron chi connectivity index (χ4n) is 4.12. The SMILES string of the molecule is Cc1ccccc1N1CCN(CC[C@H](Oc2ccc(F)c(Cl)c2)c2ccc(F)cc2)CC1. The molecule has 1 atom stereocenters. The second kappa shape index (κ2) is 10.3. The van der Waals surface area contributed by atoms with Crippen LogP contribution in [0.1, 0.15) is 23.7 Å². The summed E-state index contributed by atoms with van der Waals surface area (Å²) in [6.45, 7) is 6.87. The van der Waals surface area contributed by atoms with E-state index in [1.807, 2.05) is 0 Å². The van der Waals surface area contributed by atoms with Crippen LogP contribution >= 0.6 is 11.6 Å². The molecule has 168 valence electrons. The first-order valence-electron chi connectivity index (χ1n) is 10.9. The fourth-order valence-corrected chi connectivity index (χ4v) is 4.29. The van der Waals surface area contributed by atoms with Gasteiger partial charge in [-0.3, -0.25) is 4.90 Å². The Bertz CT molecular complexity index is 1040. The summed E-state index contributed by atoms with van der Waals surface area (Å²) in [6.07, 6.45) is 0.442. The second-order valence-corrected chi connectivity index (χ2v) is 8.55. The van der Waals surface area contributed by atoms with Gasteiger partial charge in [-0.2, -0.15) is 0 Å². The highest BCUT2D eigenvalue weighted by Crippen LogP contribution is 2.29. The highest BCUT2D eigenvalue weighted by atomic mass is 35.5. The van der Waals surface area contributed by atoms with Gasteiger partial charge in [0.15, 0.2) is 0 Å². The van der Waals surface area contributed by atoms with Gasteiger partial charge in [0.1, 0.15) is 23.5 Å². The Labute approximate surface area is 193 Å². The lowest BCUT2D eigenvalue weighted by atomic mass is 10.1. The largest absolute Gasteiger partial charge is 0.486 e. The number of hydrogen-bond donors (Lipinski definition) is 0. The van der Waals surface area contributed by atoms with E-state index in [2.05, 4.69) is 41.0 Å². The van der Waals surface area contributed by atoms with Crippen LogP contribution in [-0.2, 0) is 0 Å². The molecule has 0 spiro atoms. The van der Waals surface area contributed by atoms with Crippen LogP contribution in [0.25, 0.3) is 0 Å². The molecule has 0 amide bonds. The molecule has 1 aliphatic rings. The molecule has 1 heterocycles. The van der Waals surface area contributed by atoms with Crippen LogP contribution in [0.4, 0.5) is 14.5 Å². The Morgan fingerprint density at radius 3 is 2.34 bits per heavy atom. The van der Waals surface area contributed by atoms with Crippen molar-refractivity contribution in [2.45, 2.75) is 19.4 Å². The molecule has 6 heteroatoms. The van der Waals surface area contributed by atoms with Crippen LogP contribution in [0.15, 0.2) is 66.7 Å². The molecular weight excluding hydrogens is 430 g/mol. The van der Waals surface area contributed by atoms with Crippen molar-refractivity contribution in [2.24, 2.45) is 0 Å². The van der Waals surface area contributed by atoms with Gasteiger partial charge in [-0.15, -0.1) is 0 Å². The molecule has 0 saturated carbocycles. The number of ether oxygens (including phenoxy) is 1. The average molecular weight is 457 g/mol. The van der Waals surface area contributed by atoms with Crippen LogP contribution in [0.3, 0.4) is 0 Å². The third-order valence-corrected chi connectivity index (χ3v) is 6.24. The van der Waals surface area contributed by atoms with Gasteiger partial charge < -0.3 is 9.64 Å². The number of hydrogen-bond acceptors (Lipinski definition) is 3. The maximum Gasteiger partial charge on any atom is 0.142 e. The number of anilines is 1. The Hall–Kier alpha value is -2.63. The first kappa shape index (κ1) is 22.6. The number of benzene rings is 3. The maximum atomic E-state index is 13.5. The Morgan fingerprint density at radius 2 is 1.66 bits per heavy atom. The lowest BCUT2D eigenvalue weighted by molar-refractivity contribution is 0.160. The standard InChI is InChI=1S/C26H27ClF2N2O/c1-19-4-2-3-5-25(19)31-16-14-30(15-17-31)13-12-26(20-6-8-21(28)9-7-20)32-22-10-11-24(29)23(27)18-22/h2-11,18,26H,12-17H2,1H3/t26-/m0/s1. The van der Waals surface area contributed by atoms with Gasteiger partial charge >= 0.3 is 0 Å². The molecule has 32 heavy (non-hydrogen) atoms. The normalized spacial score (nSPS) is 15.6. The van der Waals surface area contributed by atoms with Crippen molar-refractivity contribution in [3.05, 3.63) is 94.5 Å². The smallest absolute Gasteiger partial charge is 0.142 e. The summed E-state index contributed by atoms with van der Waals surface area (Å²) in [5, 5.41) is 0.0210. The summed E-state index contributed by atoms with van der Waals surface area (Å²) in [6, 6.07) is 19.2. The molecule has 1 aliphatic heterocycles. The number of piperazine rings is 1. The van der Waals surface area contributed by atoms with Crippen LogP contribution in [0, 0.1) is 18.6 Å². The van der Waals surface area contributed by atoms with E-state index in [0.29, 0.717) is 5.75 Å². The zero-order valence-corrected chi connectivity index (χ0v) is 18.9. The van der Waals surface area contributed by atoms with Gasteiger partial charge in [-0.1, -0.05) is 41.9 Å². The van der Waals surface area contributed by atoms with Crippen molar-refractivity contribution in [1.29, 1.82) is 0 Å². The summed E-state index contributed by atoms with van der Waals surface area (Å²) in [5.41, 5.74) is 3.47. The van der Waals surface area contributed by atoms with Crippen LogP contribution < -0.4 is 9.64 Å². The van der Waals surface area contributed by atoms with Gasteiger partial charge in [-0.05, 0) is 48.4 Å². The average Bonchev–Trinajstić information content (AvgIpc) is 2.80. The van der Waals surface area contributed by atoms with E-state index < -0.39 is 5.82 Å². The topological polar surface area (TPSA) is 15.7 Å². The minimum Gasteiger partial charge on any atom is -0.486 e. The number of nitrogens with zero attached hydrogens (tertiary/aromatic N) is 2. The van der Waals surface area contributed by atoms with E-state index in [9.17, 15) is 8.78 Å². The summed E-state index contributed by atoms with van der Waals surface area (Å²) < 4.78 is 33.1. The van der Waals surface area contributed by atoms with Crippen molar-refractivity contribution >= 4 is 17.3 Å². The third-order valence-electron chi connectivity index (χ3n) is 5.95. The molecule has 0 bridgehead atoms. The van der Waals surface area contributed by atoms with Gasteiger partial charge in [-0.25, -0.2) is 8.78 Å². The van der Waals surface area contributed by atoms with Gasteiger partial charge in [0, 0.05) is 50.9 Å². The van der Waals surface area contributed by atoms with Crippen molar-refractivity contribution in [1.82, 2.24) is 4.90 Å². The molecule has 4 rings (SSSR count). The zero-order chi connectivity index (χ0) is 22.5. The molecule has 0 aromatic heterocycles. The van der Waals surface area contributed by atoms with Crippen LogP contribution in [-0.4, -0.2) is 37.6 Å². The highest BCUT2D eigenvalue weighted by molar-refractivity contribution is 6.30. The van der Waals surface area contributed by atoms with Gasteiger partial charge in [0.25, 0.3) is 0 Å². The lowest BCUT2D eigenvalue weighted by Crippen LogP contribution is -2.47. The molecule has 0 N–H and O–H groups in total. The Balaban J connectivity index is 1.39. The van der Waals surface area contributed by atoms with Crippen LogP contribution in [0.5, 0.6) is 5.75 Å². The maximum absolute atomic E-state index is 13.5. The molecule has 3 nitrogen and oxygen atoms in total. The van der Waals surface area contributed by atoms with Crippen molar-refractivity contribution < 1.29 is 13.5 Å². The van der Waals surface area contributed by atoms with Crippen molar-refractivity contribution in [2.75, 3.05) is 37.6 Å². The minimum absolute atomic E-state index is 0.0210. The van der Waals surface area contributed by atoms with Gasteiger partial charge in [0.05, 0.1) is 5.02 Å². The lowest BCUT2D eigenvalue weighted by Gasteiger charge is -2.37. The van der Waals surface area contributed by atoms with Crippen molar-refractivity contribution in [3.8, 4) is 5.75 Å².